The second-order valence-electron chi connectivity index (χ2n) is 4.93. The maximum Gasteiger partial charge on any atom is 0.153 e. The first-order valence-electron chi connectivity index (χ1n) is 6.42. The smallest absolute Gasteiger partial charge is 0.153 e. The summed E-state index contributed by atoms with van der Waals surface area (Å²) in [7, 11) is 3.23. The first-order chi connectivity index (χ1) is 9.49. The fourth-order valence-electron chi connectivity index (χ4n) is 2.47. The number of rotatable bonds is 4. The molecule has 0 aliphatic carbocycles. The second kappa shape index (κ2) is 5.92. The normalized spacial score (nSPS) is 34.2. The zero-order valence-electron chi connectivity index (χ0n) is 12.1. The van der Waals surface area contributed by atoms with Crippen LogP contribution in [-0.4, -0.2) is 56.0 Å². The van der Waals surface area contributed by atoms with Crippen LogP contribution in [0.2, 0.25) is 0 Å². The topological polar surface area (TPSA) is 95.3 Å². The maximum atomic E-state index is 6.23. The van der Waals surface area contributed by atoms with Gasteiger partial charge in [0.1, 0.15) is 23.9 Å². The minimum absolute atomic E-state index is 0.227. The SMILES string of the molecule is C=C1N=C(N)C(C)=CN1[C@@H]1O[C@H](COC)C(OC)C1N. The van der Waals surface area contributed by atoms with Gasteiger partial charge in [-0.05, 0) is 6.92 Å². The van der Waals surface area contributed by atoms with Crippen molar-refractivity contribution in [2.75, 3.05) is 20.8 Å². The molecule has 2 unspecified atom stereocenters. The van der Waals surface area contributed by atoms with Gasteiger partial charge in [0, 0.05) is 26.0 Å². The van der Waals surface area contributed by atoms with E-state index < -0.39 is 6.23 Å². The van der Waals surface area contributed by atoms with Crippen LogP contribution >= 0.6 is 0 Å². The predicted octanol–water partition coefficient (Wildman–Crippen LogP) is -0.252. The number of methoxy groups -OCH3 is 2. The van der Waals surface area contributed by atoms with Gasteiger partial charge in [0.2, 0.25) is 0 Å². The molecule has 2 aliphatic heterocycles. The van der Waals surface area contributed by atoms with E-state index in [9.17, 15) is 0 Å². The predicted molar refractivity (Wildman–Crippen MR) is 75.7 cm³/mol. The zero-order valence-corrected chi connectivity index (χ0v) is 12.1. The van der Waals surface area contributed by atoms with Gasteiger partial charge in [-0.25, -0.2) is 4.99 Å². The third kappa shape index (κ3) is 2.57. The number of ether oxygens (including phenoxy) is 3. The highest BCUT2D eigenvalue weighted by Crippen LogP contribution is 2.29. The van der Waals surface area contributed by atoms with E-state index in [-0.39, 0.29) is 18.2 Å². The maximum absolute atomic E-state index is 6.23. The van der Waals surface area contributed by atoms with Gasteiger partial charge in [0.15, 0.2) is 6.23 Å². The third-order valence-corrected chi connectivity index (χ3v) is 3.55. The highest BCUT2D eigenvalue weighted by atomic mass is 16.6. The Morgan fingerprint density at radius 2 is 2.20 bits per heavy atom. The zero-order chi connectivity index (χ0) is 14.9. The minimum atomic E-state index is -0.403. The van der Waals surface area contributed by atoms with E-state index in [1.165, 1.54) is 0 Å². The largest absolute Gasteiger partial charge is 0.383 e. The van der Waals surface area contributed by atoms with Crippen LogP contribution in [-0.2, 0) is 14.2 Å². The highest BCUT2D eigenvalue weighted by molar-refractivity contribution is 5.97. The standard InChI is InChI=1S/C13H22N4O3/c1-7-5-17(8(2)16-12(7)15)13-10(14)11(19-4)9(20-13)6-18-3/h5,9-11,13H,2,6,14H2,1,3-4H3,(H2,15,16)/t9-,10?,11?,13-/m1/s1. The minimum Gasteiger partial charge on any atom is -0.383 e. The monoisotopic (exact) mass is 282 g/mol. The van der Waals surface area contributed by atoms with Gasteiger partial charge < -0.3 is 30.6 Å². The van der Waals surface area contributed by atoms with Crippen molar-refractivity contribution in [3.63, 3.8) is 0 Å². The van der Waals surface area contributed by atoms with E-state index >= 15 is 0 Å². The molecule has 7 heteroatoms. The van der Waals surface area contributed by atoms with Crippen LogP contribution < -0.4 is 11.5 Å². The van der Waals surface area contributed by atoms with Gasteiger partial charge in [-0.1, -0.05) is 6.58 Å². The molecule has 0 amide bonds. The molecule has 0 aromatic rings. The molecule has 0 bridgehead atoms. The van der Waals surface area contributed by atoms with Crippen molar-refractivity contribution in [1.29, 1.82) is 0 Å². The van der Waals surface area contributed by atoms with Crippen LogP contribution in [0.25, 0.3) is 0 Å². The molecule has 20 heavy (non-hydrogen) atoms. The summed E-state index contributed by atoms with van der Waals surface area (Å²) in [6.45, 7) is 6.18. The molecule has 0 aromatic heterocycles. The van der Waals surface area contributed by atoms with Gasteiger partial charge in [0.05, 0.1) is 12.6 Å². The first kappa shape index (κ1) is 15.0. The lowest BCUT2D eigenvalue weighted by Crippen LogP contribution is -2.48. The summed E-state index contributed by atoms with van der Waals surface area (Å²) in [6.07, 6.45) is 0.968. The lowest BCUT2D eigenvalue weighted by Gasteiger charge is -2.32. The summed E-state index contributed by atoms with van der Waals surface area (Å²) in [5.41, 5.74) is 12.8. The summed E-state index contributed by atoms with van der Waals surface area (Å²) >= 11 is 0. The average molecular weight is 282 g/mol. The molecule has 2 rings (SSSR count). The third-order valence-electron chi connectivity index (χ3n) is 3.55. The Hall–Kier alpha value is -1.41. The van der Waals surface area contributed by atoms with E-state index in [0.717, 1.165) is 5.57 Å². The van der Waals surface area contributed by atoms with Crippen LogP contribution in [0.5, 0.6) is 0 Å². The number of amidine groups is 1. The lowest BCUT2D eigenvalue weighted by atomic mass is 10.1. The molecule has 2 aliphatic rings. The summed E-state index contributed by atoms with van der Waals surface area (Å²) in [4.78, 5) is 5.99. The molecule has 4 N–H and O–H groups in total. The average Bonchev–Trinajstić information content (AvgIpc) is 2.71. The Morgan fingerprint density at radius 1 is 1.50 bits per heavy atom. The fourth-order valence-corrected chi connectivity index (χ4v) is 2.47. The van der Waals surface area contributed by atoms with Gasteiger partial charge in [-0.2, -0.15) is 0 Å². The van der Waals surface area contributed by atoms with Crippen LogP contribution in [0.3, 0.4) is 0 Å². The quantitative estimate of drug-likeness (QED) is 0.738. The van der Waals surface area contributed by atoms with Crippen LogP contribution in [0, 0.1) is 0 Å². The molecule has 7 nitrogen and oxygen atoms in total. The number of hydrogen-bond donors (Lipinski definition) is 2. The molecular formula is C13H22N4O3. The molecule has 0 radical (unpaired) electrons. The fraction of sp³-hybridized carbons (Fsp3) is 0.615. The van der Waals surface area contributed by atoms with Gasteiger partial charge in [-0.15, -0.1) is 0 Å². The Morgan fingerprint density at radius 3 is 2.80 bits per heavy atom. The van der Waals surface area contributed by atoms with Gasteiger partial charge in [0.25, 0.3) is 0 Å². The van der Waals surface area contributed by atoms with Crippen molar-refractivity contribution in [3.8, 4) is 0 Å². The Balaban J connectivity index is 2.19. The van der Waals surface area contributed by atoms with E-state index in [0.29, 0.717) is 18.3 Å². The summed E-state index contributed by atoms with van der Waals surface area (Å²) in [5, 5.41) is 0. The van der Waals surface area contributed by atoms with Crippen molar-refractivity contribution < 1.29 is 14.2 Å². The number of aliphatic imine (C=N–C) groups is 1. The van der Waals surface area contributed by atoms with Crippen molar-refractivity contribution >= 4 is 5.84 Å². The Bertz CT molecular complexity index is 449. The number of nitrogens with zero attached hydrogens (tertiary/aromatic N) is 2. The van der Waals surface area contributed by atoms with Crippen LogP contribution in [0.15, 0.2) is 29.2 Å². The first-order valence-corrected chi connectivity index (χ1v) is 6.42. The molecular weight excluding hydrogens is 260 g/mol. The molecule has 112 valence electrons. The molecule has 1 fully saturated rings. The highest BCUT2D eigenvalue weighted by Gasteiger charge is 2.46. The second-order valence-corrected chi connectivity index (χ2v) is 4.93. The molecule has 0 aromatic carbocycles. The number of nitrogens with two attached hydrogens (primary N) is 2. The summed E-state index contributed by atoms with van der Waals surface area (Å²) in [5.74, 6) is 0.955. The van der Waals surface area contributed by atoms with Crippen molar-refractivity contribution in [2.24, 2.45) is 16.5 Å². The van der Waals surface area contributed by atoms with E-state index in [1.54, 1.807) is 19.1 Å². The van der Waals surface area contributed by atoms with Crippen molar-refractivity contribution in [1.82, 2.24) is 4.90 Å². The lowest BCUT2D eigenvalue weighted by molar-refractivity contribution is -0.0700. The van der Waals surface area contributed by atoms with Gasteiger partial charge in [-0.3, -0.25) is 0 Å². The van der Waals surface area contributed by atoms with Crippen LogP contribution in [0.4, 0.5) is 0 Å². The van der Waals surface area contributed by atoms with Crippen molar-refractivity contribution in [2.45, 2.75) is 31.4 Å². The molecule has 2 heterocycles. The molecule has 0 saturated carbocycles. The Labute approximate surface area is 118 Å². The molecule has 1 saturated heterocycles. The van der Waals surface area contributed by atoms with E-state index in [4.69, 9.17) is 25.7 Å². The number of hydrogen-bond acceptors (Lipinski definition) is 7. The van der Waals surface area contributed by atoms with E-state index in [1.807, 2.05) is 13.1 Å². The van der Waals surface area contributed by atoms with Gasteiger partial charge >= 0.3 is 0 Å². The van der Waals surface area contributed by atoms with E-state index in [2.05, 4.69) is 11.6 Å². The van der Waals surface area contributed by atoms with Crippen molar-refractivity contribution in [3.05, 3.63) is 24.2 Å². The summed E-state index contributed by atoms with van der Waals surface area (Å²) < 4.78 is 16.5. The molecule has 4 atom stereocenters. The van der Waals surface area contributed by atoms with Crippen LogP contribution in [0.1, 0.15) is 6.92 Å². The summed E-state index contributed by atoms with van der Waals surface area (Å²) in [6, 6.07) is -0.338. The molecule has 0 spiro atoms. The Kier molecular flexibility index (Phi) is 4.44.